The molecule has 0 radical (unpaired) electrons. The van der Waals surface area contributed by atoms with Gasteiger partial charge in [0.2, 0.25) is 4.96 Å². The van der Waals surface area contributed by atoms with Crippen molar-refractivity contribution in [2.75, 3.05) is 19.8 Å². The molecule has 0 spiro atoms. The van der Waals surface area contributed by atoms with Gasteiger partial charge in [-0.25, -0.2) is 0 Å². The molecule has 0 amide bonds. The van der Waals surface area contributed by atoms with Gasteiger partial charge in [0.15, 0.2) is 17.3 Å². The molecule has 4 rings (SSSR count). The van der Waals surface area contributed by atoms with Crippen LogP contribution in [0.5, 0.6) is 17.2 Å². The zero-order valence-electron chi connectivity index (χ0n) is 19.0. The van der Waals surface area contributed by atoms with E-state index in [1.165, 1.54) is 15.9 Å². The first kappa shape index (κ1) is 22.8. The SMILES string of the molecule is CCCCOc1ccc(C=c2sc3nc(-c4ccc(OCC)cc4)nn3c2=O)cc1OCC. The summed E-state index contributed by atoms with van der Waals surface area (Å²) in [5.74, 6) is 2.69. The Morgan fingerprint density at radius 3 is 2.45 bits per heavy atom. The molecule has 172 valence electrons. The van der Waals surface area contributed by atoms with E-state index >= 15 is 0 Å². The molecule has 0 atom stereocenters. The summed E-state index contributed by atoms with van der Waals surface area (Å²) < 4.78 is 19.0. The summed E-state index contributed by atoms with van der Waals surface area (Å²) in [6.07, 6.45) is 3.88. The molecule has 2 aromatic carbocycles. The second-order valence-corrected chi connectivity index (χ2v) is 8.35. The minimum Gasteiger partial charge on any atom is -0.494 e. The molecule has 8 heteroatoms. The van der Waals surface area contributed by atoms with E-state index in [4.69, 9.17) is 14.2 Å². The van der Waals surface area contributed by atoms with Gasteiger partial charge in [0.25, 0.3) is 5.56 Å². The van der Waals surface area contributed by atoms with Crippen molar-refractivity contribution >= 4 is 22.4 Å². The van der Waals surface area contributed by atoms with Crippen LogP contribution < -0.4 is 24.3 Å². The van der Waals surface area contributed by atoms with Gasteiger partial charge < -0.3 is 14.2 Å². The van der Waals surface area contributed by atoms with Crippen molar-refractivity contribution in [3.8, 4) is 28.6 Å². The summed E-state index contributed by atoms with van der Waals surface area (Å²) >= 11 is 1.31. The van der Waals surface area contributed by atoms with Crippen molar-refractivity contribution in [1.29, 1.82) is 0 Å². The maximum Gasteiger partial charge on any atom is 0.291 e. The first-order chi connectivity index (χ1) is 16.1. The fraction of sp³-hybridized carbons (Fsp3) is 0.320. The molecule has 0 N–H and O–H groups in total. The Bertz CT molecular complexity index is 1330. The number of benzene rings is 2. The Morgan fingerprint density at radius 2 is 1.76 bits per heavy atom. The van der Waals surface area contributed by atoms with Gasteiger partial charge in [-0.3, -0.25) is 4.79 Å². The average molecular weight is 466 g/mol. The quantitative estimate of drug-likeness (QED) is 0.324. The van der Waals surface area contributed by atoms with E-state index in [0.29, 0.717) is 46.6 Å². The Kier molecular flexibility index (Phi) is 7.24. The molecule has 0 bridgehead atoms. The predicted octanol–water partition coefficient (Wildman–Crippen LogP) is 4.34. The van der Waals surface area contributed by atoms with E-state index in [0.717, 1.165) is 29.7 Å². The fourth-order valence-electron chi connectivity index (χ4n) is 3.30. The second-order valence-electron chi connectivity index (χ2n) is 7.34. The lowest BCUT2D eigenvalue weighted by atomic mass is 10.2. The summed E-state index contributed by atoms with van der Waals surface area (Å²) in [5, 5.41) is 4.42. The first-order valence-corrected chi connectivity index (χ1v) is 12.0. The van der Waals surface area contributed by atoms with Crippen LogP contribution in [-0.2, 0) is 0 Å². The lowest BCUT2D eigenvalue weighted by molar-refractivity contribution is 0.272. The second kappa shape index (κ2) is 10.5. The van der Waals surface area contributed by atoms with Crippen molar-refractivity contribution in [2.24, 2.45) is 0 Å². The highest BCUT2D eigenvalue weighted by Gasteiger charge is 2.13. The molecule has 0 fully saturated rings. The number of ether oxygens (including phenoxy) is 3. The molecule has 0 aliphatic rings. The molecule has 4 aromatic rings. The summed E-state index contributed by atoms with van der Waals surface area (Å²) in [4.78, 5) is 18.0. The molecule has 2 aromatic heterocycles. The highest BCUT2D eigenvalue weighted by Crippen LogP contribution is 2.29. The molecule has 0 saturated heterocycles. The molecular formula is C25H27N3O4S. The van der Waals surface area contributed by atoms with Crippen LogP contribution in [0.15, 0.2) is 47.3 Å². The fourth-order valence-corrected chi connectivity index (χ4v) is 4.21. The van der Waals surface area contributed by atoms with Crippen molar-refractivity contribution in [3.05, 3.63) is 62.9 Å². The molecule has 33 heavy (non-hydrogen) atoms. The normalized spacial score (nSPS) is 11.8. The van der Waals surface area contributed by atoms with Crippen LogP contribution in [0.1, 0.15) is 39.2 Å². The third-order valence-corrected chi connectivity index (χ3v) is 5.89. The third-order valence-electron chi connectivity index (χ3n) is 4.93. The number of hydrogen-bond acceptors (Lipinski definition) is 7. The Morgan fingerprint density at radius 1 is 0.970 bits per heavy atom. The molecule has 7 nitrogen and oxygen atoms in total. The maximum absolute atomic E-state index is 12.9. The van der Waals surface area contributed by atoms with E-state index in [9.17, 15) is 4.79 Å². The van der Waals surface area contributed by atoms with Gasteiger partial charge in [-0.2, -0.15) is 9.50 Å². The highest BCUT2D eigenvalue weighted by atomic mass is 32.1. The number of thiazole rings is 1. The number of rotatable bonds is 10. The first-order valence-electron chi connectivity index (χ1n) is 11.2. The van der Waals surface area contributed by atoms with Crippen LogP contribution >= 0.6 is 11.3 Å². The number of hydrogen-bond donors (Lipinski definition) is 0. The van der Waals surface area contributed by atoms with Gasteiger partial charge in [-0.15, -0.1) is 5.10 Å². The molecule has 0 saturated carbocycles. The van der Waals surface area contributed by atoms with Gasteiger partial charge in [-0.1, -0.05) is 30.7 Å². The standard InChI is InChI=1S/C25H27N3O4S/c1-4-7-14-32-20-13-8-17(15-21(20)31-6-3)16-22-24(29)28-25(33-22)26-23(27-28)18-9-11-19(12-10-18)30-5-2/h8-13,15-16H,4-7,14H2,1-3H3. The van der Waals surface area contributed by atoms with Crippen LogP contribution in [0.25, 0.3) is 22.4 Å². The summed E-state index contributed by atoms with van der Waals surface area (Å²) in [6, 6.07) is 13.2. The number of fused-ring (bicyclic) bond motifs is 1. The van der Waals surface area contributed by atoms with E-state index < -0.39 is 0 Å². The summed E-state index contributed by atoms with van der Waals surface area (Å²) in [5.41, 5.74) is 1.50. The topological polar surface area (TPSA) is 75.0 Å². The van der Waals surface area contributed by atoms with Crippen LogP contribution in [0, 0.1) is 0 Å². The van der Waals surface area contributed by atoms with Crippen molar-refractivity contribution < 1.29 is 14.2 Å². The zero-order chi connectivity index (χ0) is 23.2. The maximum atomic E-state index is 12.9. The zero-order valence-corrected chi connectivity index (χ0v) is 19.9. The van der Waals surface area contributed by atoms with E-state index in [1.807, 2.05) is 62.4 Å². The van der Waals surface area contributed by atoms with Crippen LogP contribution in [-0.4, -0.2) is 34.4 Å². The lowest BCUT2D eigenvalue weighted by Gasteiger charge is -2.12. The summed E-state index contributed by atoms with van der Waals surface area (Å²) in [6.45, 7) is 7.79. The largest absolute Gasteiger partial charge is 0.494 e. The van der Waals surface area contributed by atoms with Crippen molar-refractivity contribution in [2.45, 2.75) is 33.6 Å². The van der Waals surface area contributed by atoms with Crippen LogP contribution in [0.3, 0.4) is 0 Å². The predicted molar refractivity (Wildman–Crippen MR) is 131 cm³/mol. The van der Waals surface area contributed by atoms with Crippen molar-refractivity contribution in [1.82, 2.24) is 14.6 Å². The van der Waals surface area contributed by atoms with Crippen molar-refractivity contribution in [3.63, 3.8) is 0 Å². The molecule has 2 heterocycles. The van der Waals surface area contributed by atoms with Crippen LogP contribution in [0.2, 0.25) is 0 Å². The lowest BCUT2D eigenvalue weighted by Crippen LogP contribution is -2.23. The van der Waals surface area contributed by atoms with E-state index in [-0.39, 0.29) is 5.56 Å². The minimum atomic E-state index is -0.194. The molecule has 0 unspecified atom stereocenters. The molecule has 0 aliphatic heterocycles. The highest BCUT2D eigenvalue weighted by molar-refractivity contribution is 7.15. The minimum absolute atomic E-state index is 0.194. The monoisotopic (exact) mass is 465 g/mol. The molecular weight excluding hydrogens is 438 g/mol. The van der Waals surface area contributed by atoms with Gasteiger partial charge in [0.1, 0.15) is 5.75 Å². The number of nitrogens with zero attached hydrogens (tertiary/aromatic N) is 3. The van der Waals surface area contributed by atoms with Gasteiger partial charge in [0, 0.05) is 5.56 Å². The van der Waals surface area contributed by atoms with Gasteiger partial charge >= 0.3 is 0 Å². The Balaban J connectivity index is 1.62. The van der Waals surface area contributed by atoms with Gasteiger partial charge in [-0.05, 0) is 68.3 Å². The summed E-state index contributed by atoms with van der Waals surface area (Å²) in [7, 11) is 0. The Labute approximate surface area is 196 Å². The van der Waals surface area contributed by atoms with Crippen LogP contribution in [0.4, 0.5) is 0 Å². The number of aromatic nitrogens is 3. The van der Waals surface area contributed by atoms with E-state index in [2.05, 4.69) is 17.0 Å². The smallest absolute Gasteiger partial charge is 0.291 e. The number of unbranched alkanes of at least 4 members (excludes halogenated alkanes) is 1. The third kappa shape index (κ3) is 5.17. The average Bonchev–Trinajstić information content (AvgIpc) is 3.36. The van der Waals surface area contributed by atoms with E-state index in [1.54, 1.807) is 0 Å². The Hall–Kier alpha value is -3.39. The van der Waals surface area contributed by atoms with Gasteiger partial charge in [0.05, 0.1) is 24.4 Å². The molecule has 0 aliphatic carbocycles.